The second-order valence-corrected chi connectivity index (χ2v) is 2.50. The molecule has 0 fully saturated rings. The van der Waals surface area contributed by atoms with E-state index in [1.807, 2.05) is 44.2 Å². The number of carbonyl (C=O) groups excluding carboxylic acids is 1. The van der Waals surface area contributed by atoms with Gasteiger partial charge in [-0.25, -0.2) is 0 Å². The number of rotatable bonds is 3. The molecular formula is C12H18O2. The van der Waals surface area contributed by atoms with Crippen molar-refractivity contribution in [2.24, 2.45) is 0 Å². The third-order valence-corrected chi connectivity index (χ3v) is 1.53. The number of carbonyl (C=O) groups is 1. The summed E-state index contributed by atoms with van der Waals surface area (Å²) in [6.45, 7) is 6.17. The first kappa shape index (κ1) is 12.7. The fraction of sp³-hybridized carbons (Fsp3) is 0.417. The largest absolute Gasteiger partial charge is 0.461 e. The molecule has 0 aliphatic heterocycles. The van der Waals surface area contributed by atoms with Crippen molar-refractivity contribution >= 4 is 5.97 Å². The summed E-state index contributed by atoms with van der Waals surface area (Å²) >= 11 is 0. The van der Waals surface area contributed by atoms with E-state index in [9.17, 15) is 4.79 Å². The Bertz CT molecular complexity index is 242. The molecule has 0 aromatic heterocycles. The Kier molecular flexibility index (Phi) is 7.52. The summed E-state index contributed by atoms with van der Waals surface area (Å²) in [5.41, 5.74) is 1.03. The number of hydrogen-bond donors (Lipinski definition) is 0. The molecule has 0 amide bonds. The van der Waals surface area contributed by atoms with Crippen LogP contribution in [0.1, 0.15) is 32.8 Å². The first-order chi connectivity index (χ1) is 6.83. The van der Waals surface area contributed by atoms with Gasteiger partial charge in [0.15, 0.2) is 0 Å². The van der Waals surface area contributed by atoms with Crippen LogP contribution in [-0.2, 0) is 16.1 Å². The van der Waals surface area contributed by atoms with Gasteiger partial charge in [0, 0.05) is 6.42 Å². The van der Waals surface area contributed by atoms with Crippen molar-refractivity contribution in [2.75, 3.05) is 0 Å². The normalized spacial score (nSPS) is 8.50. The van der Waals surface area contributed by atoms with Gasteiger partial charge in [0.2, 0.25) is 0 Å². The molecule has 2 heteroatoms. The van der Waals surface area contributed by atoms with Gasteiger partial charge in [-0.1, -0.05) is 51.1 Å². The lowest BCUT2D eigenvalue weighted by Crippen LogP contribution is -2.01. The van der Waals surface area contributed by atoms with Crippen LogP contribution < -0.4 is 0 Å². The molecule has 0 aliphatic carbocycles. The molecule has 0 saturated heterocycles. The lowest BCUT2D eigenvalue weighted by atomic mass is 10.2. The zero-order chi connectivity index (χ0) is 10.8. The van der Waals surface area contributed by atoms with E-state index in [1.165, 1.54) is 0 Å². The van der Waals surface area contributed by atoms with Crippen LogP contribution in [0.3, 0.4) is 0 Å². The molecule has 14 heavy (non-hydrogen) atoms. The number of benzene rings is 1. The summed E-state index contributed by atoms with van der Waals surface area (Å²) < 4.78 is 4.94. The first-order valence-corrected chi connectivity index (χ1v) is 5.02. The van der Waals surface area contributed by atoms with Gasteiger partial charge in [-0.15, -0.1) is 0 Å². The SMILES string of the molecule is CC.CCC(=O)OCc1ccccc1. The predicted octanol–water partition coefficient (Wildman–Crippen LogP) is 3.17. The van der Waals surface area contributed by atoms with Gasteiger partial charge < -0.3 is 4.74 Å². The molecule has 1 aromatic rings. The minimum Gasteiger partial charge on any atom is -0.461 e. The maximum absolute atomic E-state index is 10.8. The minimum absolute atomic E-state index is 0.154. The number of ether oxygens (including phenoxy) is 1. The molecule has 0 saturated carbocycles. The highest BCUT2D eigenvalue weighted by molar-refractivity contribution is 5.68. The molecule has 2 nitrogen and oxygen atoms in total. The molecule has 0 N–H and O–H groups in total. The number of esters is 1. The molecular weight excluding hydrogens is 176 g/mol. The summed E-state index contributed by atoms with van der Waals surface area (Å²) in [5, 5.41) is 0. The predicted molar refractivity (Wildman–Crippen MR) is 57.9 cm³/mol. The zero-order valence-corrected chi connectivity index (χ0v) is 9.12. The van der Waals surface area contributed by atoms with Crippen LogP contribution in [0.5, 0.6) is 0 Å². The summed E-state index contributed by atoms with van der Waals surface area (Å²) in [5.74, 6) is -0.154. The highest BCUT2D eigenvalue weighted by Gasteiger charge is 1.97. The van der Waals surface area contributed by atoms with Gasteiger partial charge in [0.1, 0.15) is 6.61 Å². The van der Waals surface area contributed by atoms with Crippen molar-refractivity contribution < 1.29 is 9.53 Å². The maximum atomic E-state index is 10.8. The summed E-state index contributed by atoms with van der Waals surface area (Å²) in [7, 11) is 0. The van der Waals surface area contributed by atoms with E-state index >= 15 is 0 Å². The van der Waals surface area contributed by atoms with E-state index in [0.717, 1.165) is 5.56 Å². The van der Waals surface area contributed by atoms with Crippen molar-refractivity contribution in [3.63, 3.8) is 0 Å². The summed E-state index contributed by atoms with van der Waals surface area (Å²) in [6, 6.07) is 9.65. The van der Waals surface area contributed by atoms with Crippen LogP contribution >= 0.6 is 0 Å². The second-order valence-electron chi connectivity index (χ2n) is 2.50. The maximum Gasteiger partial charge on any atom is 0.305 e. The quantitative estimate of drug-likeness (QED) is 0.691. The van der Waals surface area contributed by atoms with Gasteiger partial charge >= 0.3 is 5.97 Å². The van der Waals surface area contributed by atoms with Gasteiger partial charge in [-0.3, -0.25) is 4.79 Å². The molecule has 0 bridgehead atoms. The van der Waals surface area contributed by atoms with E-state index in [4.69, 9.17) is 4.74 Å². The Morgan fingerprint density at radius 1 is 1.21 bits per heavy atom. The third-order valence-electron chi connectivity index (χ3n) is 1.53. The molecule has 0 heterocycles. The van der Waals surface area contributed by atoms with Crippen LogP contribution in [0.4, 0.5) is 0 Å². The summed E-state index contributed by atoms with van der Waals surface area (Å²) in [6.07, 6.45) is 0.437. The van der Waals surface area contributed by atoms with Gasteiger partial charge in [-0.2, -0.15) is 0 Å². The minimum atomic E-state index is -0.154. The van der Waals surface area contributed by atoms with Gasteiger partial charge in [0.05, 0.1) is 0 Å². The van der Waals surface area contributed by atoms with E-state index < -0.39 is 0 Å². The molecule has 1 aromatic carbocycles. The first-order valence-electron chi connectivity index (χ1n) is 5.02. The lowest BCUT2D eigenvalue weighted by Gasteiger charge is -2.01. The highest BCUT2D eigenvalue weighted by atomic mass is 16.5. The molecule has 0 spiro atoms. The monoisotopic (exact) mass is 194 g/mol. The highest BCUT2D eigenvalue weighted by Crippen LogP contribution is 2.00. The van der Waals surface area contributed by atoms with Crippen molar-refractivity contribution in [3.8, 4) is 0 Å². The number of hydrogen-bond acceptors (Lipinski definition) is 2. The Balaban J connectivity index is 0.000000791. The molecule has 78 valence electrons. The van der Waals surface area contributed by atoms with Gasteiger partial charge in [0.25, 0.3) is 0 Å². The molecule has 1 rings (SSSR count). The van der Waals surface area contributed by atoms with Gasteiger partial charge in [-0.05, 0) is 5.56 Å². The smallest absolute Gasteiger partial charge is 0.305 e. The Labute approximate surface area is 85.9 Å². The average Bonchev–Trinajstić information content (AvgIpc) is 2.30. The third kappa shape index (κ3) is 5.36. The summed E-state index contributed by atoms with van der Waals surface area (Å²) in [4.78, 5) is 10.8. The van der Waals surface area contributed by atoms with E-state index in [0.29, 0.717) is 13.0 Å². The standard InChI is InChI=1S/C10H12O2.C2H6/c1-2-10(11)12-8-9-6-4-3-5-7-9;1-2/h3-7H,2,8H2,1H3;1-2H3. The van der Waals surface area contributed by atoms with E-state index in [1.54, 1.807) is 6.92 Å². The fourth-order valence-electron chi connectivity index (χ4n) is 0.840. The van der Waals surface area contributed by atoms with E-state index in [2.05, 4.69) is 0 Å². The van der Waals surface area contributed by atoms with Crippen molar-refractivity contribution in [1.29, 1.82) is 0 Å². The fourth-order valence-corrected chi connectivity index (χ4v) is 0.840. The molecule has 0 unspecified atom stereocenters. The zero-order valence-electron chi connectivity index (χ0n) is 9.12. The Hall–Kier alpha value is -1.31. The van der Waals surface area contributed by atoms with Crippen LogP contribution in [0, 0.1) is 0 Å². The molecule has 0 aliphatic rings. The van der Waals surface area contributed by atoms with Crippen LogP contribution in [-0.4, -0.2) is 5.97 Å². The van der Waals surface area contributed by atoms with Crippen LogP contribution in [0.25, 0.3) is 0 Å². The Morgan fingerprint density at radius 2 is 1.79 bits per heavy atom. The Morgan fingerprint density at radius 3 is 2.29 bits per heavy atom. The van der Waals surface area contributed by atoms with E-state index in [-0.39, 0.29) is 5.97 Å². The topological polar surface area (TPSA) is 26.3 Å². The van der Waals surface area contributed by atoms with Crippen molar-refractivity contribution in [2.45, 2.75) is 33.8 Å². The second kappa shape index (κ2) is 8.30. The molecule has 0 atom stereocenters. The van der Waals surface area contributed by atoms with Crippen LogP contribution in [0.15, 0.2) is 30.3 Å². The lowest BCUT2D eigenvalue weighted by molar-refractivity contribution is -0.144. The average molecular weight is 194 g/mol. The van der Waals surface area contributed by atoms with Crippen molar-refractivity contribution in [1.82, 2.24) is 0 Å². The van der Waals surface area contributed by atoms with Crippen molar-refractivity contribution in [3.05, 3.63) is 35.9 Å². The molecule has 0 radical (unpaired) electrons. The van der Waals surface area contributed by atoms with Crippen LogP contribution in [0.2, 0.25) is 0 Å².